The summed E-state index contributed by atoms with van der Waals surface area (Å²) in [5, 5.41) is 0. The summed E-state index contributed by atoms with van der Waals surface area (Å²) in [4.78, 5) is 0. The highest BCUT2D eigenvalue weighted by atomic mass is 14.4. The molecule has 0 aliphatic heterocycles. The van der Waals surface area contributed by atoms with E-state index in [9.17, 15) is 0 Å². The van der Waals surface area contributed by atoms with Crippen molar-refractivity contribution in [3.05, 3.63) is 23.3 Å². The van der Waals surface area contributed by atoms with Gasteiger partial charge in [-0.1, -0.05) is 23.3 Å². The Kier molecular flexibility index (Phi) is 2.57. The van der Waals surface area contributed by atoms with Gasteiger partial charge in [-0.05, 0) is 57.8 Å². The van der Waals surface area contributed by atoms with Gasteiger partial charge in [0.1, 0.15) is 0 Å². The molecule has 0 heteroatoms. The summed E-state index contributed by atoms with van der Waals surface area (Å²) in [7, 11) is 0. The summed E-state index contributed by atoms with van der Waals surface area (Å²) in [6.45, 7) is 4.58. The van der Waals surface area contributed by atoms with Crippen molar-refractivity contribution in [2.24, 2.45) is 11.8 Å². The molecular weight excluding hydrogens is 156 g/mol. The van der Waals surface area contributed by atoms with Crippen molar-refractivity contribution in [2.75, 3.05) is 0 Å². The van der Waals surface area contributed by atoms with Crippen LogP contribution in [0, 0.1) is 11.8 Å². The van der Waals surface area contributed by atoms with Gasteiger partial charge in [-0.15, -0.1) is 0 Å². The molecule has 0 aromatic rings. The van der Waals surface area contributed by atoms with Gasteiger partial charge in [0.05, 0.1) is 0 Å². The molecule has 2 atom stereocenters. The largest absolute Gasteiger partial charge is 0.0853 e. The van der Waals surface area contributed by atoms with Crippen molar-refractivity contribution in [3.8, 4) is 0 Å². The maximum Gasteiger partial charge on any atom is -0.0199 e. The van der Waals surface area contributed by atoms with Crippen LogP contribution < -0.4 is 0 Å². The minimum Gasteiger partial charge on any atom is -0.0853 e. The first kappa shape index (κ1) is 9.05. The van der Waals surface area contributed by atoms with Crippen LogP contribution in [0.2, 0.25) is 0 Å². The molecule has 2 aliphatic rings. The van der Waals surface area contributed by atoms with Crippen molar-refractivity contribution in [1.29, 1.82) is 0 Å². The second-order valence-electron chi connectivity index (χ2n) is 4.80. The van der Waals surface area contributed by atoms with E-state index < -0.39 is 0 Å². The van der Waals surface area contributed by atoms with Gasteiger partial charge in [-0.3, -0.25) is 0 Å². The molecule has 0 aromatic carbocycles. The average molecular weight is 176 g/mol. The third-order valence-corrected chi connectivity index (χ3v) is 3.42. The van der Waals surface area contributed by atoms with Crippen LogP contribution in [-0.4, -0.2) is 0 Å². The van der Waals surface area contributed by atoms with Gasteiger partial charge < -0.3 is 0 Å². The lowest BCUT2D eigenvalue weighted by Gasteiger charge is -2.05. The molecule has 2 rings (SSSR count). The van der Waals surface area contributed by atoms with Crippen molar-refractivity contribution < 1.29 is 0 Å². The summed E-state index contributed by atoms with van der Waals surface area (Å²) in [6.07, 6.45) is 11.7. The number of rotatable bonds is 0. The third kappa shape index (κ3) is 2.46. The summed E-state index contributed by atoms with van der Waals surface area (Å²) in [6, 6.07) is 0. The quantitative estimate of drug-likeness (QED) is 0.488. The highest BCUT2D eigenvalue weighted by Crippen LogP contribution is 2.44. The number of fused-ring (bicyclic) bond motifs is 1. The average Bonchev–Trinajstić information content (AvgIpc) is 2.80. The molecule has 1 fully saturated rings. The second kappa shape index (κ2) is 3.69. The fraction of sp³-hybridized carbons (Fsp3) is 0.692. The van der Waals surface area contributed by atoms with E-state index in [4.69, 9.17) is 0 Å². The molecule has 0 N–H and O–H groups in total. The van der Waals surface area contributed by atoms with E-state index in [0.717, 1.165) is 11.8 Å². The number of hydrogen-bond acceptors (Lipinski definition) is 0. The highest BCUT2D eigenvalue weighted by molar-refractivity contribution is 5.12. The maximum atomic E-state index is 2.53. The lowest BCUT2D eigenvalue weighted by molar-refractivity contribution is 0.682. The maximum absolute atomic E-state index is 2.53. The van der Waals surface area contributed by atoms with Gasteiger partial charge in [0, 0.05) is 0 Å². The minimum atomic E-state index is 0.950. The van der Waals surface area contributed by atoms with Gasteiger partial charge in [0.25, 0.3) is 0 Å². The Balaban J connectivity index is 2.01. The second-order valence-corrected chi connectivity index (χ2v) is 4.80. The molecule has 2 aliphatic carbocycles. The summed E-state index contributed by atoms with van der Waals surface area (Å²) in [5.74, 6) is 1.97. The standard InChI is InChI=1S/C13H20/c1-10-4-3-5-11(2)8-13-9-12(13)7-6-10/h4,8,12-13H,3,5-7,9H2,1-2H3/b10-4-,11-8-/t12-,13+/m1/s1. The Morgan fingerprint density at radius 2 is 2.00 bits per heavy atom. The summed E-state index contributed by atoms with van der Waals surface area (Å²) in [5.41, 5.74) is 3.22. The smallest absolute Gasteiger partial charge is 0.0199 e. The number of hydrogen-bond donors (Lipinski definition) is 0. The Morgan fingerprint density at radius 3 is 2.85 bits per heavy atom. The first-order valence-electron chi connectivity index (χ1n) is 5.58. The van der Waals surface area contributed by atoms with Crippen molar-refractivity contribution in [1.82, 2.24) is 0 Å². The Hall–Kier alpha value is -0.520. The molecule has 0 saturated heterocycles. The fourth-order valence-corrected chi connectivity index (χ4v) is 2.32. The Labute approximate surface area is 81.7 Å². The lowest BCUT2D eigenvalue weighted by Crippen LogP contribution is -1.88. The van der Waals surface area contributed by atoms with Crippen LogP contribution in [0.5, 0.6) is 0 Å². The topological polar surface area (TPSA) is 0 Å². The van der Waals surface area contributed by atoms with Gasteiger partial charge in [-0.2, -0.15) is 0 Å². The normalized spacial score (nSPS) is 42.3. The zero-order valence-electron chi connectivity index (χ0n) is 8.84. The summed E-state index contributed by atoms with van der Waals surface area (Å²) < 4.78 is 0. The van der Waals surface area contributed by atoms with Crippen LogP contribution in [-0.2, 0) is 0 Å². The SMILES string of the molecule is C/C1=C/[C@H]2C[C@H]2CC/C(C)=C\CC1. The minimum absolute atomic E-state index is 0.950. The third-order valence-electron chi connectivity index (χ3n) is 3.42. The van der Waals surface area contributed by atoms with Gasteiger partial charge in [0.15, 0.2) is 0 Å². The first-order chi connectivity index (χ1) is 6.25. The van der Waals surface area contributed by atoms with Crippen LogP contribution in [0.4, 0.5) is 0 Å². The lowest BCUT2D eigenvalue weighted by atomic mass is 10.0. The number of allylic oxidation sites excluding steroid dienone is 4. The fourth-order valence-electron chi connectivity index (χ4n) is 2.32. The van der Waals surface area contributed by atoms with E-state index in [1.807, 2.05) is 0 Å². The Bertz CT molecular complexity index is 245. The molecule has 13 heavy (non-hydrogen) atoms. The van der Waals surface area contributed by atoms with Crippen LogP contribution in [0.15, 0.2) is 23.3 Å². The monoisotopic (exact) mass is 176 g/mol. The van der Waals surface area contributed by atoms with Gasteiger partial charge in [-0.25, -0.2) is 0 Å². The molecule has 0 radical (unpaired) electrons. The molecule has 72 valence electrons. The predicted octanol–water partition coefficient (Wildman–Crippen LogP) is 4.09. The molecule has 0 nitrogen and oxygen atoms in total. The van der Waals surface area contributed by atoms with Crippen LogP contribution >= 0.6 is 0 Å². The zero-order chi connectivity index (χ0) is 9.26. The van der Waals surface area contributed by atoms with Crippen molar-refractivity contribution in [3.63, 3.8) is 0 Å². The molecule has 0 unspecified atom stereocenters. The highest BCUT2D eigenvalue weighted by Gasteiger charge is 2.34. The van der Waals surface area contributed by atoms with E-state index >= 15 is 0 Å². The molecule has 0 bridgehead atoms. The molecule has 0 amide bonds. The van der Waals surface area contributed by atoms with Gasteiger partial charge >= 0.3 is 0 Å². The van der Waals surface area contributed by atoms with Crippen LogP contribution in [0.25, 0.3) is 0 Å². The Morgan fingerprint density at radius 1 is 1.15 bits per heavy atom. The van der Waals surface area contributed by atoms with E-state index in [-0.39, 0.29) is 0 Å². The van der Waals surface area contributed by atoms with Crippen LogP contribution in [0.3, 0.4) is 0 Å². The van der Waals surface area contributed by atoms with E-state index in [0.29, 0.717) is 0 Å². The van der Waals surface area contributed by atoms with Crippen molar-refractivity contribution >= 4 is 0 Å². The van der Waals surface area contributed by atoms with Gasteiger partial charge in [0.2, 0.25) is 0 Å². The molecule has 0 heterocycles. The van der Waals surface area contributed by atoms with Crippen LogP contribution in [0.1, 0.15) is 46.0 Å². The molecule has 1 saturated carbocycles. The first-order valence-corrected chi connectivity index (χ1v) is 5.58. The van der Waals surface area contributed by atoms with Crippen molar-refractivity contribution in [2.45, 2.75) is 46.0 Å². The van der Waals surface area contributed by atoms with E-state index in [2.05, 4.69) is 26.0 Å². The van der Waals surface area contributed by atoms with E-state index in [1.54, 1.807) is 11.1 Å². The molecule has 0 aromatic heterocycles. The van der Waals surface area contributed by atoms with E-state index in [1.165, 1.54) is 32.1 Å². The zero-order valence-corrected chi connectivity index (χ0v) is 8.84. The predicted molar refractivity (Wildman–Crippen MR) is 57.6 cm³/mol. The molecular formula is C13H20. The summed E-state index contributed by atoms with van der Waals surface area (Å²) >= 11 is 0. The molecule has 0 spiro atoms.